The summed E-state index contributed by atoms with van der Waals surface area (Å²) in [6.07, 6.45) is 0. The molecule has 0 fully saturated rings. The Morgan fingerprint density at radius 2 is 2.25 bits per heavy atom. The van der Waals surface area contributed by atoms with Crippen molar-refractivity contribution in [1.82, 2.24) is 0 Å². The van der Waals surface area contributed by atoms with Crippen LogP contribution in [-0.2, 0) is 0 Å². The molecular weight excluding hydrogens is 244 g/mol. The molecule has 0 heterocycles. The summed E-state index contributed by atoms with van der Waals surface area (Å²) in [7, 11) is 0. The zero-order valence-corrected chi connectivity index (χ0v) is 10.8. The first-order valence-electron chi connectivity index (χ1n) is 4.95. The molecule has 16 heavy (non-hydrogen) atoms. The van der Waals surface area contributed by atoms with Crippen LogP contribution in [0.15, 0.2) is 28.3 Å². The van der Waals surface area contributed by atoms with Crippen LogP contribution < -0.4 is 5.73 Å². The zero-order chi connectivity index (χ0) is 12.1. The third-order valence-electron chi connectivity index (χ3n) is 1.91. The van der Waals surface area contributed by atoms with Gasteiger partial charge in [-0.2, -0.15) is 0 Å². The van der Waals surface area contributed by atoms with E-state index in [0.29, 0.717) is 16.5 Å². The van der Waals surface area contributed by atoms with Crippen LogP contribution in [0.2, 0.25) is 5.02 Å². The smallest absolute Gasteiger partial charge is 0.172 e. The molecule has 0 spiro atoms. The van der Waals surface area contributed by atoms with Gasteiger partial charge in [-0.05, 0) is 18.1 Å². The minimum Gasteiger partial charge on any atom is -0.409 e. The number of amidine groups is 1. The van der Waals surface area contributed by atoms with Gasteiger partial charge in [0.1, 0.15) is 0 Å². The van der Waals surface area contributed by atoms with Crippen molar-refractivity contribution in [2.75, 3.05) is 5.75 Å². The van der Waals surface area contributed by atoms with Crippen molar-refractivity contribution >= 4 is 29.2 Å². The molecular formula is C11H15ClN2OS. The number of oxime groups is 1. The van der Waals surface area contributed by atoms with Crippen molar-refractivity contribution in [3.63, 3.8) is 0 Å². The average molecular weight is 259 g/mol. The largest absolute Gasteiger partial charge is 0.409 e. The number of hydrogen-bond donors (Lipinski definition) is 2. The van der Waals surface area contributed by atoms with E-state index in [4.69, 9.17) is 22.5 Å². The summed E-state index contributed by atoms with van der Waals surface area (Å²) in [4.78, 5) is 0.941. The highest BCUT2D eigenvalue weighted by Crippen LogP contribution is 2.29. The molecule has 0 aliphatic heterocycles. The van der Waals surface area contributed by atoms with Crippen LogP contribution >= 0.6 is 23.4 Å². The Bertz CT molecular complexity index is 394. The molecule has 0 aromatic heterocycles. The fraction of sp³-hybridized carbons (Fsp3) is 0.364. The van der Waals surface area contributed by atoms with Crippen molar-refractivity contribution in [1.29, 1.82) is 0 Å². The highest BCUT2D eigenvalue weighted by molar-refractivity contribution is 7.99. The Morgan fingerprint density at radius 3 is 2.81 bits per heavy atom. The Labute approximate surface area is 105 Å². The van der Waals surface area contributed by atoms with Gasteiger partial charge in [-0.1, -0.05) is 36.7 Å². The quantitative estimate of drug-likeness (QED) is 0.287. The number of rotatable bonds is 4. The van der Waals surface area contributed by atoms with Crippen LogP contribution in [0.1, 0.15) is 19.4 Å². The van der Waals surface area contributed by atoms with Gasteiger partial charge in [0, 0.05) is 10.6 Å². The van der Waals surface area contributed by atoms with Crippen molar-refractivity contribution in [3.8, 4) is 0 Å². The van der Waals surface area contributed by atoms with Gasteiger partial charge in [0.15, 0.2) is 5.84 Å². The van der Waals surface area contributed by atoms with Crippen LogP contribution in [0.25, 0.3) is 0 Å². The van der Waals surface area contributed by atoms with E-state index in [2.05, 4.69) is 19.0 Å². The normalized spacial score (nSPS) is 12.1. The Kier molecular flexibility index (Phi) is 4.96. The molecule has 88 valence electrons. The monoisotopic (exact) mass is 258 g/mol. The third kappa shape index (κ3) is 3.32. The predicted octanol–water partition coefficient (Wildman–Crippen LogP) is 3.18. The molecule has 0 unspecified atom stereocenters. The summed E-state index contributed by atoms with van der Waals surface area (Å²) in [5.74, 6) is 1.59. The summed E-state index contributed by atoms with van der Waals surface area (Å²) >= 11 is 7.69. The van der Waals surface area contributed by atoms with E-state index >= 15 is 0 Å². The molecule has 0 amide bonds. The maximum Gasteiger partial charge on any atom is 0.172 e. The lowest BCUT2D eigenvalue weighted by molar-refractivity contribution is 0.318. The average Bonchev–Trinajstić information content (AvgIpc) is 2.25. The molecule has 0 bridgehead atoms. The second-order valence-electron chi connectivity index (χ2n) is 3.80. The fourth-order valence-corrected chi connectivity index (χ4v) is 2.55. The molecule has 0 aliphatic carbocycles. The summed E-state index contributed by atoms with van der Waals surface area (Å²) in [6, 6.07) is 5.51. The van der Waals surface area contributed by atoms with Crippen molar-refractivity contribution in [2.24, 2.45) is 16.8 Å². The SMILES string of the molecule is CC(C)CSc1cccc(Cl)c1C(N)=NO. The van der Waals surface area contributed by atoms with Crippen molar-refractivity contribution < 1.29 is 5.21 Å². The molecule has 5 heteroatoms. The first-order valence-corrected chi connectivity index (χ1v) is 6.31. The highest BCUT2D eigenvalue weighted by Gasteiger charge is 2.12. The number of nitrogens with zero attached hydrogens (tertiary/aromatic N) is 1. The van der Waals surface area contributed by atoms with E-state index in [-0.39, 0.29) is 5.84 Å². The summed E-state index contributed by atoms with van der Waals surface area (Å²) in [6.45, 7) is 4.28. The van der Waals surface area contributed by atoms with E-state index < -0.39 is 0 Å². The maximum absolute atomic E-state index is 8.71. The van der Waals surface area contributed by atoms with E-state index in [1.807, 2.05) is 12.1 Å². The number of nitrogens with two attached hydrogens (primary N) is 1. The summed E-state index contributed by atoms with van der Waals surface area (Å²) in [5.41, 5.74) is 6.21. The maximum atomic E-state index is 8.71. The number of benzene rings is 1. The van der Waals surface area contributed by atoms with Crippen molar-refractivity contribution in [2.45, 2.75) is 18.7 Å². The zero-order valence-electron chi connectivity index (χ0n) is 9.27. The lowest BCUT2D eigenvalue weighted by atomic mass is 10.2. The number of halogens is 1. The Balaban J connectivity index is 3.03. The minimum absolute atomic E-state index is 0.0526. The molecule has 0 saturated heterocycles. The second-order valence-corrected chi connectivity index (χ2v) is 5.27. The first kappa shape index (κ1) is 13.2. The van der Waals surface area contributed by atoms with Crippen LogP contribution in [0.3, 0.4) is 0 Å². The third-order valence-corrected chi connectivity index (χ3v) is 3.71. The summed E-state index contributed by atoms with van der Waals surface area (Å²) < 4.78 is 0. The minimum atomic E-state index is 0.0526. The second kappa shape index (κ2) is 6.01. The van der Waals surface area contributed by atoms with Gasteiger partial charge in [-0.25, -0.2) is 0 Å². The highest BCUT2D eigenvalue weighted by atomic mass is 35.5. The van der Waals surface area contributed by atoms with Crippen LogP contribution in [0.5, 0.6) is 0 Å². The topological polar surface area (TPSA) is 58.6 Å². The van der Waals surface area contributed by atoms with Gasteiger partial charge in [-0.15, -0.1) is 11.8 Å². The molecule has 3 N–H and O–H groups in total. The number of hydrogen-bond acceptors (Lipinski definition) is 3. The van der Waals surface area contributed by atoms with Gasteiger partial charge in [0.2, 0.25) is 0 Å². The van der Waals surface area contributed by atoms with Gasteiger partial charge < -0.3 is 10.9 Å². The molecule has 0 atom stereocenters. The molecule has 0 saturated carbocycles. The van der Waals surface area contributed by atoms with E-state index in [1.165, 1.54) is 0 Å². The van der Waals surface area contributed by atoms with Crippen LogP contribution in [0, 0.1) is 5.92 Å². The lowest BCUT2D eigenvalue weighted by Crippen LogP contribution is -2.15. The predicted molar refractivity (Wildman–Crippen MR) is 69.5 cm³/mol. The van der Waals surface area contributed by atoms with Gasteiger partial charge >= 0.3 is 0 Å². The Hall–Kier alpha value is -0.870. The van der Waals surface area contributed by atoms with Gasteiger partial charge in [0.25, 0.3) is 0 Å². The molecule has 3 nitrogen and oxygen atoms in total. The van der Waals surface area contributed by atoms with Crippen LogP contribution in [0.4, 0.5) is 0 Å². The van der Waals surface area contributed by atoms with Crippen LogP contribution in [-0.4, -0.2) is 16.8 Å². The summed E-state index contributed by atoms with van der Waals surface area (Å²) in [5, 5.41) is 12.2. The number of thioether (sulfide) groups is 1. The fourth-order valence-electron chi connectivity index (χ4n) is 1.18. The van der Waals surface area contributed by atoms with E-state index in [1.54, 1.807) is 17.8 Å². The van der Waals surface area contributed by atoms with E-state index in [0.717, 1.165) is 10.6 Å². The molecule has 0 radical (unpaired) electrons. The standard InChI is InChI=1S/C11H15ClN2OS/c1-7(2)6-16-9-5-3-4-8(12)10(9)11(13)14-15/h3-5,7,15H,6H2,1-2H3,(H2,13,14). The van der Waals surface area contributed by atoms with E-state index in [9.17, 15) is 0 Å². The lowest BCUT2D eigenvalue weighted by Gasteiger charge is -2.10. The van der Waals surface area contributed by atoms with Gasteiger partial charge in [-0.3, -0.25) is 0 Å². The van der Waals surface area contributed by atoms with Crippen molar-refractivity contribution in [3.05, 3.63) is 28.8 Å². The van der Waals surface area contributed by atoms with Gasteiger partial charge in [0.05, 0.1) is 10.6 Å². The Morgan fingerprint density at radius 1 is 1.56 bits per heavy atom. The first-order chi connectivity index (χ1) is 7.56. The molecule has 1 aromatic carbocycles. The molecule has 0 aliphatic rings. The molecule has 1 aromatic rings. The molecule has 1 rings (SSSR count).